The monoisotopic (exact) mass is 239 g/mol. The molecule has 1 aromatic rings. The van der Waals surface area contributed by atoms with E-state index in [0.717, 1.165) is 28.7 Å². The number of hydrogen-bond donors (Lipinski definition) is 1. The third kappa shape index (κ3) is 2.33. The Morgan fingerprint density at radius 2 is 2.19 bits per heavy atom. The minimum Gasteiger partial charge on any atom is -0.392 e. The molecule has 0 heterocycles. The van der Waals surface area contributed by atoms with Gasteiger partial charge in [0, 0.05) is 19.2 Å². The zero-order valence-corrected chi connectivity index (χ0v) is 10.4. The first kappa shape index (κ1) is 11.7. The Labute approximate surface area is 102 Å². The van der Waals surface area contributed by atoms with Crippen LogP contribution in [0.5, 0.6) is 0 Å². The highest BCUT2D eigenvalue weighted by Gasteiger charge is 2.21. The third-order valence-corrected chi connectivity index (χ3v) is 3.68. The Hall–Kier alpha value is -0.730. The van der Waals surface area contributed by atoms with Gasteiger partial charge in [-0.25, -0.2) is 0 Å². The van der Waals surface area contributed by atoms with Crippen molar-refractivity contribution in [3.8, 4) is 0 Å². The zero-order chi connectivity index (χ0) is 11.5. The van der Waals surface area contributed by atoms with Gasteiger partial charge in [-0.1, -0.05) is 30.2 Å². The summed E-state index contributed by atoms with van der Waals surface area (Å²) in [5.41, 5.74) is 1.90. The van der Waals surface area contributed by atoms with Crippen molar-refractivity contribution in [3.05, 3.63) is 28.8 Å². The Balaban J connectivity index is 2.16. The topological polar surface area (TPSA) is 23.5 Å². The van der Waals surface area contributed by atoms with E-state index in [4.69, 9.17) is 11.6 Å². The second kappa shape index (κ2) is 5.07. The molecule has 0 radical (unpaired) electrons. The SMILES string of the molecule is CN(CC1CCC1)c1c(Cl)cccc1CO. The van der Waals surface area contributed by atoms with Crippen LogP contribution in [0.25, 0.3) is 0 Å². The van der Waals surface area contributed by atoms with Crippen LogP contribution in [0.2, 0.25) is 5.02 Å². The van der Waals surface area contributed by atoms with Crippen LogP contribution in [0, 0.1) is 5.92 Å². The molecule has 1 saturated carbocycles. The lowest BCUT2D eigenvalue weighted by atomic mass is 9.85. The van der Waals surface area contributed by atoms with Gasteiger partial charge in [0.15, 0.2) is 0 Å². The summed E-state index contributed by atoms with van der Waals surface area (Å²) < 4.78 is 0. The highest BCUT2D eigenvalue weighted by molar-refractivity contribution is 6.33. The van der Waals surface area contributed by atoms with E-state index in [1.54, 1.807) is 0 Å². The molecule has 1 N–H and O–H groups in total. The number of para-hydroxylation sites is 1. The van der Waals surface area contributed by atoms with Gasteiger partial charge < -0.3 is 10.0 Å². The molecule has 0 aliphatic heterocycles. The van der Waals surface area contributed by atoms with Gasteiger partial charge in [-0.3, -0.25) is 0 Å². The number of hydrogen-bond acceptors (Lipinski definition) is 2. The fourth-order valence-electron chi connectivity index (χ4n) is 2.27. The molecule has 16 heavy (non-hydrogen) atoms. The van der Waals surface area contributed by atoms with E-state index in [-0.39, 0.29) is 6.61 Å². The van der Waals surface area contributed by atoms with Crippen LogP contribution in [0.1, 0.15) is 24.8 Å². The summed E-state index contributed by atoms with van der Waals surface area (Å²) in [4.78, 5) is 2.18. The third-order valence-electron chi connectivity index (χ3n) is 3.38. The molecule has 1 fully saturated rings. The minimum atomic E-state index is 0.0465. The number of aliphatic hydroxyl groups excluding tert-OH is 1. The highest BCUT2D eigenvalue weighted by Crippen LogP contribution is 2.33. The van der Waals surface area contributed by atoms with Crippen LogP contribution in [0.15, 0.2) is 18.2 Å². The second-order valence-corrected chi connectivity index (χ2v) is 4.99. The Morgan fingerprint density at radius 3 is 2.75 bits per heavy atom. The van der Waals surface area contributed by atoms with Gasteiger partial charge >= 0.3 is 0 Å². The molecule has 2 rings (SSSR count). The zero-order valence-electron chi connectivity index (χ0n) is 9.62. The van der Waals surface area contributed by atoms with Crippen molar-refractivity contribution in [3.63, 3.8) is 0 Å². The van der Waals surface area contributed by atoms with Crippen molar-refractivity contribution < 1.29 is 5.11 Å². The van der Waals surface area contributed by atoms with Gasteiger partial charge in [0.2, 0.25) is 0 Å². The lowest BCUT2D eigenvalue weighted by molar-refractivity contribution is 0.281. The van der Waals surface area contributed by atoms with Crippen molar-refractivity contribution in [1.29, 1.82) is 0 Å². The Kier molecular flexibility index (Phi) is 3.72. The van der Waals surface area contributed by atoms with Gasteiger partial charge in [0.1, 0.15) is 0 Å². The number of halogens is 1. The first-order valence-corrected chi connectivity index (χ1v) is 6.19. The average Bonchev–Trinajstić information content (AvgIpc) is 2.22. The van der Waals surface area contributed by atoms with Gasteiger partial charge in [-0.05, 0) is 24.8 Å². The maximum atomic E-state index is 9.31. The molecule has 0 atom stereocenters. The lowest BCUT2D eigenvalue weighted by Gasteiger charge is -2.32. The van der Waals surface area contributed by atoms with Crippen LogP contribution >= 0.6 is 11.6 Å². The van der Waals surface area contributed by atoms with E-state index in [1.165, 1.54) is 19.3 Å². The molecule has 0 aromatic heterocycles. The summed E-state index contributed by atoms with van der Waals surface area (Å²) >= 11 is 6.19. The van der Waals surface area contributed by atoms with Gasteiger partial charge in [-0.15, -0.1) is 0 Å². The molecular weight excluding hydrogens is 222 g/mol. The quantitative estimate of drug-likeness (QED) is 0.873. The molecule has 88 valence electrons. The minimum absolute atomic E-state index is 0.0465. The molecule has 3 heteroatoms. The van der Waals surface area contributed by atoms with E-state index in [9.17, 15) is 5.11 Å². The molecule has 0 spiro atoms. The predicted molar refractivity (Wildman–Crippen MR) is 68.0 cm³/mol. The standard InChI is InChI=1S/C13H18ClNO/c1-15(8-10-4-2-5-10)13-11(9-16)6-3-7-12(13)14/h3,6-7,10,16H,2,4-5,8-9H2,1H3. The molecule has 0 saturated heterocycles. The summed E-state index contributed by atoms with van der Waals surface area (Å²) in [7, 11) is 2.05. The van der Waals surface area contributed by atoms with Crippen molar-refractivity contribution in [1.82, 2.24) is 0 Å². The van der Waals surface area contributed by atoms with Crippen molar-refractivity contribution >= 4 is 17.3 Å². The van der Waals surface area contributed by atoms with Crippen molar-refractivity contribution in [2.75, 3.05) is 18.5 Å². The van der Waals surface area contributed by atoms with Gasteiger partial charge in [-0.2, -0.15) is 0 Å². The van der Waals surface area contributed by atoms with Crippen LogP contribution in [0.3, 0.4) is 0 Å². The van der Waals surface area contributed by atoms with Crippen LogP contribution < -0.4 is 4.90 Å². The molecule has 1 aliphatic rings. The molecule has 0 unspecified atom stereocenters. The van der Waals surface area contributed by atoms with Crippen LogP contribution in [-0.2, 0) is 6.61 Å². The molecular formula is C13H18ClNO. The van der Waals surface area contributed by atoms with E-state index < -0.39 is 0 Å². The van der Waals surface area contributed by atoms with E-state index in [2.05, 4.69) is 11.9 Å². The molecule has 2 nitrogen and oxygen atoms in total. The molecule has 0 amide bonds. The van der Waals surface area contributed by atoms with Crippen molar-refractivity contribution in [2.45, 2.75) is 25.9 Å². The summed E-state index contributed by atoms with van der Waals surface area (Å²) in [6.45, 7) is 1.08. The molecule has 1 aromatic carbocycles. The van der Waals surface area contributed by atoms with E-state index >= 15 is 0 Å². The number of rotatable bonds is 4. The fourth-order valence-corrected chi connectivity index (χ4v) is 2.61. The van der Waals surface area contributed by atoms with Crippen LogP contribution in [0.4, 0.5) is 5.69 Å². The maximum Gasteiger partial charge on any atom is 0.0702 e. The van der Waals surface area contributed by atoms with Gasteiger partial charge in [0.05, 0.1) is 17.3 Å². The van der Waals surface area contributed by atoms with E-state index in [1.807, 2.05) is 18.2 Å². The Morgan fingerprint density at radius 1 is 1.44 bits per heavy atom. The summed E-state index contributed by atoms with van der Waals surface area (Å²) in [5, 5.41) is 10.0. The highest BCUT2D eigenvalue weighted by atomic mass is 35.5. The fraction of sp³-hybridized carbons (Fsp3) is 0.538. The number of benzene rings is 1. The summed E-state index contributed by atoms with van der Waals surface area (Å²) in [6, 6.07) is 5.69. The van der Waals surface area contributed by atoms with E-state index in [0.29, 0.717) is 0 Å². The normalized spacial score (nSPS) is 15.9. The maximum absolute atomic E-state index is 9.31. The summed E-state index contributed by atoms with van der Waals surface area (Å²) in [5.74, 6) is 0.799. The molecule has 1 aliphatic carbocycles. The predicted octanol–water partition coefficient (Wildman–Crippen LogP) is 3.07. The van der Waals surface area contributed by atoms with Gasteiger partial charge in [0.25, 0.3) is 0 Å². The largest absolute Gasteiger partial charge is 0.392 e. The number of anilines is 1. The molecule has 0 bridgehead atoms. The Bertz CT molecular complexity index is 363. The summed E-state index contributed by atoms with van der Waals surface area (Å²) in [6.07, 6.45) is 4.00. The first-order chi connectivity index (χ1) is 7.72. The first-order valence-electron chi connectivity index (χ1n) is 5.81. The number of aliphatic hydroxyl groups is 1. The second-order valence-electron chi connectivity index (χ2n) is 4.58. The number of nitrogens with zero attached hydrogens (tertiary/aromatic N) is 1. The average molecular weight is 240 g/mol. The smallest absolute Gasteiger partial charge is 0.0702 e. The van der Waals surface area contributed by atoms with Crippen molar-refractivity contribution in [2.24, 2.45) is 5.92 Å². The van der Waals surface area contributed by atoms with Crippen LogP contribution in [-0.4, -0.2) is 18.7 Å². The lowest BCUT2D eigenvalue weighted by Crippen LogP contribution is -2.30.